The molecule has 0 heterocycles. The third-order valence-electron chi connectivity index (χ3n) is 4.53. The lowest BCUT2D eigenvalue weighted by Crippen LogP contribution is -2.50. The van der Waals surface area contributed by atoms with Crippen LogP contribution in [-0.2, 0) is 4.74 Å². The number of aliphatic hydroxyl groups excluding tert-OH is 1. The van der Waals surface area contributed by atoms with E-state index >= 15 is 0 Å². The second-order valence-corrected chi connectivity index (χ2v) is 6.99. The zero-order valence-corrected chi connectivity index (χ0v) is 17.6. The van der Waals surface area contributed by atoms with Crippen LogP contribution in [-0.4, -0.2) is 55.6 Å². The van der Waals surface area contributed by atoms with Crippen LogP contribution in [0, 0.1) is 0 Å². The van der Waals surface area contributed by atoms with Crippen molar-refractivity contribution in [3.05, 3.63) is 0 Å². The van der Waals surface area contributed by atoms with Gasteiger partial charge in [-0.1, -0.05) is 60.3 Å². The number of unbranched alkanes of at least 4 members (excludes halogenated alkanes) is 4. The van der Waals surface area contributed by atoms with Crippen molar-refractivity contribution >= 4 is 0 Å². The normalized spacial score (nSPS) is 11.2. The molecule has 3 heteroatoms. The Morgan fingerprint density at radius 2 is 0.958 bits per heavy atom. The maximum absolute atomic E-state index is 8.17. The molecule has 0 aromatic heterocycles. The van der Waals surface area contributed by atoms with E-state index in [4.69, 9.17) is 9.84 Å². The minimum absolute atomic E-state index is 0.139. The Hall–Kier alpha value is -0.120. The van der Waals surface area contributed by atoms with Crippen molar-refractivity contribution < 1.29 is 14.3 Å². The second-order valence-electron chi connectivity index (χ2n) is 6.99. The molecule has 0 atom stereocenters. The Morgan fingerprint density at radius 1 is 0.583 bits per heavy atom. The standard InChI is InChI=1S/C16H36N.C5H12O2/c1-5-9-13-17(14-10-6-2,15-11-7-3)16-12-8-4;1-2-4-7-5-3-6/h5-16H2,1-4H3;6H,2-5H2,1H3/q+1;. The highest BCUT2D eigenvalue weighted by Crippen LogP contribution is 2.16. The summed E-state index contributed by atoms with van der Waals surface area (Å²) < 4.78 is 6.30. The predicted octanol–water partition coefficient (Wildman–Crippen LogP) is 5.41. The zero-order valence-electron chi connectivity index (χ0n) is 17.6. The quantitative estimate of drug-likeness (QED) is 0.299. The molecule has 0 aromatic carbocycles. The molecule has 0 fully saturated rings. The first kappa shape index (κ1) is 26.1. The third-order valence-corrected chi connectivity index (χ3v) is 4.53. The molecule has 0 rings (SSSR count). The van der Waals surface area contributed by atoms with Crippen LogP contribution in [0.15, 0.2) is 0 Å². The van der Waals surface area contributed by atoms with Crippen LogP contribution < -0.4 is 0 Å². The summed E-state index contributed by atoms with van der Waals surface area (Å²) in [5, 5.41) is 8.17. The molecule has 148 valence electrons. The molecule has 0 radical (unpaired) electrons. The van der Waals surface area contributed by atoms with Crippen molar-refractivity contribution in [3.63, 3.8) is 0 Å². The summed E-state index contributed by atoms with van der Waals surface area (Å²) >= 11 is 0. The average Bonchev–Trinajstić information content (AvgIpc) is 2.61. The van der Waals surface area contributed by atoms with Crippen LogP contribution in [0.2, 0.25) is 0 Å². The van der Waals surface area contributed by atoms with Gasteiger partial charge in [-0.2, -0.15) is 0 Å². The summed E-state index contributed by atoms with van der Waals surface area (Å²) in [4.78, 5) is 0. The molecular weight excluding hydrogens is 298 g/mol. The number of nitrogens with zero attached hydrogens (tertiary/aromatic N) is 1. The summed E-state index contributed by atoms with van der Waals surface area (Å²) in [6, 6.07) is 0. The SMILES string of the molecule is CCCC[N+](CCCC)(CCCC)CCCC.CCCOCCO. The Balaban J connectivity index is 0. The van der Waals surface area contributed by atoms with Crippen molar-refractivity contribution in [1.29, 1.82) is 0 Å². The molecule has 0 bridgehead atoms. The van der Waals surface area contributed by atoms with Gasteiger partial charge >= 0.3 is 0 Å². The van der Waals surface area contributed by atoms with Crippen LogP contribution >= 0.6 is 0 Å². The maximum Gasteiger partial charge on any atom is 0.0786 e. The van der Waals surface area contributed by atoms with Crippen LogP contribution in [0.25, 0.3) is 0 Å². The molecule has 0 aliphatic heterocycles. The van der Waals surface area contributed by atoms with Crippen LogP contribution in [0.3, 0.4) is 0 Å². The van der Waals surface area contributed by atoms with Gasteiger partial charge in [0.1, 0.15) is 0 Å². The van der Waals surface area contributed by atoms with Crippen molar-refractivity contribution in [2.45, 2.75) is 92.4 Å². The minimum atomic E-state index is 0.139. The van der Waals surface area contributed by atoms with Gasteiger partial charge in [0.25, 0.3) is 0 Å². The summed E-state index contributed by atoms with van der Waals surface area (Å²) in [7, 11) is 0. The highest BCUT2D eigenvalue weighted by molar-refractivity contribution is 4.49. The number of aliphatic hydroxyl groups is 1. The molecule has 0 saturated carbocycles. The fraction of sp³-hybridized carbons (Fsp3) is 1.00. The summed E-state index contributed by atoms with van der Waals surface area (Å²) in [5.74, 6) is 0. The molecule has 0 aliphatic carbocycles. The first-order valence-electron chi connectivity index (χ1n) is 10.7. The fourth-order valence-electron chi connectivity index (χ4n) is 2.96. The monoisotopic (exact) mass is 346 g/mol. The number of rotatable bonds is 16. The van der Waals surface area contributed by atoms with Crippen molar-refractivity contribution in [2.75, 3.05) is 46.0 Å². The van der Waals surface area contributed by atoms with E-state index in [1.165, 1.54) is 82.0 Å². The largest absolute Gasteiger partial charge is 0.394 e. The Bertz CT molecular complexity index is 180. The Kier molecular flexibility index (Phi) is 22.8. The lowest BCUT2D eigenvalue weighted by atomic mass is 10.1. The van der Waals surface area contributed by atoms with Crippen LogP contribution in [0.5, 0.6) is 0 Å². The lowest BCUT2D eigenvalue weighted by Gasteiger charge is -2.39. The average molecular weight is 347 g/mol. The van der Waals surface area contributed by atoms with Gasteiger partial charge in [-0.25, -0.2) is 0 Å². The van der Waals surface area contributed by atoms with Gasteiger partial charge in [-0.05, 0) is 32.1 Å². The van der Waals surface area contributed by atoms with E-state index in [2.05, 4.69) is 27.7 Å². The molecule has 0 spiro atoms. The second kappa shape index (κ2) is 20.9. The molecule has 0 saturated heterocycles. The van der Waals surface area contributed by atoms with Gasteiger partial charge < -0.3 is 14.3 Å². The molecule has 0 aliphatic rings. The number of ether oxygens (including phenoxy) is 1. The van der Waals surface area contributed by atoms with E-state index in [1.54, 1.807) is 0 Å². The third kappa shape index (κ3) is 16.7. The van der Waals surface area contributed by atoms with E-state index in [0.717, 1.165) is 13.0 Å². The summed E-state index contributed by atoms with van der Waals surface area (Å²) in [5.41, 5.74) is 0. The molecule has 1 N–H and O–H groups in total. The first-order chi connectivity index (χ1) is 11.7. The van der Waals surface area contributed by atoms with E-state index in [1.807, 2.05) is 6.92 Å². The van der Waals surface area contributed by atoms with Gasteiger partial charge in [0, 0.05) is 6.61 Å². The van der Waals surface area contributed by atoms with E-state index in [-0.39, 0.29) is 6.61 Å². The van der Waals surface area contributed by atoms with Crippen molar-refractivity contribution in [2.24, 2.45) is 0 Å². The van der Waals surface area contributed by atoms with Gasteiger partial charge in [-0.15, -0.1) is 0 Å². The topological polar surface area (TPSA) is 29.5 Å². The first-order valence-corrected chi connectivity index (χ1v) is 10.7. The minimum Gasteiger partial charge on any atom is -0.394 e. The number of quaternary nitrogens is 1. The molecule has 24 heavy (non-hydrogen) atoms. The van der Waals surface area contributed by atoms with E-state index < -0.39 is 0 Å². The van der Waals surface area contributed by atoms with Gasteiger partial charge in [0.15, 0.2) is 0 Å². The van der Waals surface area contributed by atoms with Gasteiger partial charge in [0.2, 0.25) is 0 Å². The Labute approximate surface area is 153 Å². The van der Waals surface area contributed by atoms with Crippen molar-refractivity contribution in [3.8, 4) is 0 Å². The molecule has 0 amide bonds. The smallest absolute Gasteiger partial charge is 0.0786 e. The predicted molar refractivity (Wildman–Crippen MR) is 108 cm³/mol. The highest BCUT2D eigenvalue weighted by atomic mass is 16.5. The molecule has 0 aromatic rings. The lowest BCUT2D eigenvalue weighted by molar-refractivity contribution is -0.929. The molecule has 0 unspecified atom stereocenters. The number of hydrogen-bond acceptors (Lipinski definition) is 2. The maximum atomic E-state index is 8.17. The van der Waals surface area contributed by atoms with Crippen molar-refractivity contribution in [1.82, 2.24) is 0 Å². The highest BCUT2D eigenvalue weighted by Gasteiger charge is 2.24. The van der Waals surface area contributed by atoms with Gasteiger partial charge in [-0.3, -0.25) is 0 Å². The molecular formula is C21H48NO2+. The number of hydrogen-bond donors (Lipinski definition) is 1. The van der Waals surface area contributed by atoms with Gasteiger partial charge in [0.05, 0.1) is 39.4 Å². The van der Waals surface area contributed by atoms with Crippen LogP contribution in [0.1, 0.15) is 92.4 Å². The van der Waals surface area contributed by atoms with Crippen LogP contribution in [0.4, 0.5) is 0 Å². The zero-order chi connectivity index (χ0) is 18.5. The fourth-order valence-corrected chi connectivity index (χ4v) is 2.96. The van der Waals surface area contributed by atoms with E-state index in [0.29, 0.717) is 6.61 Å². The van der Waals surface area contributed by atoms with E-state index in [9.17, 15) is 0 Å². The summed E-state index contributed by atoms with van der Waals surface area (Å²) in [6.45, 7) is 18.4. The summed E-state index contributed by atoms with van der Waals surface area (Å²) in [6.07, 6.45) is 12.1. The molecule has 3 nitrogen and oxygen atoms in total. The Morgan fingerprint density at radius 3 is 1.21 bits per heavy atom.